The number of thiophene rings is 1. The Morgan fingerprint density at radius 1 is 0.848 bits per heavy atom. The van der Waals surface area contributed by atoms with Crippen LogP contribution in [0.2, 0.25) is 0 Å². The maximum absolute atomic E-state index is 14.0. The van der Waals surface area contributed by atoms with E-state index in [-0.39, 0.29) is 11.5 Å². The monoisotopic (exact) mass is 633 g/mol. The number of likely N-dealkylation sites (tertiary alicyclic amines) is 1. The van der Waals surface area contributed by atoms with Crippen LogP contribution < -0.4 is 9.47 Å². The van der Waals surface area contributed by atoms with Gasteiger partial charge in [0, 0.05) is 32.6 Å². The van der Waals surface area contributed by atoms with Gasteiger partial charge in [-0.15, -0.1) is 11.3 Å². The molecule has 0 amide bonds. The van der Waals surface area contributed by atoms with Crippen molar-refractivity contribution in [2.45, 2.75) is 46.0 Å². The van der Waals surface area contributed by atoms with E-state index in [1.54, 1.807) is 30.3 Å². The lowest BCUT2D eigenvalue weighted by molar-refractivity contribution is 0.0734. The summed E-state index contributed by atoms with van der Waals surface area (Å²) >= 11 is 1.45. The molecule has 1 fully saturated rings. The van der Waals surface area contributed by atoms with Gasteiger partial charge in [-0.3, -0.25) is 9.69 Å². The van der Waals surface area contributed by atoms with Crippen molar-refractivity contribution in [3.63, 3.8) is 0 Å². The fraction of sp³-hybridized carbons (Fsp3) is 0.282. The first-order chi connectivity index (χ1) is 22.4. The second kappa shape index (κ2) is 14.3. The van der Waals surface area contributed by atoms with E-state index >= 15 is 0 Å². The molecule has 0 radical (unpaired) electrons. The topological polar surface area (TPSA) is 76.1 Å². The molecule has 0 atom stereocenters. The molecule has 1 aliphatic rings. The SMILES string of the molecule is CCCc1cc(C)cc(C(=O)Oc2ccc(-c3sc4cc(O)ccc4c3C(=O)c3ccc(OCCN4CCCCC4)cc3)cc2)c1. The van der Waals surface area contributed by atoms with E-state index in [2.05, 4.69) is 17.9 Å². The molecule has 6 nitrogen and oxygen atoms in total. The number of esters is 1. The number of hydrogen-bond donors (Lipinski definition) is 1. The first-order valence-corrected chi connectivity index (χ1v) is 16.9. The molecule has 1 aromatic heterocycles. The van der Waals surface area contributed by atoms with Gasteiger partial charge in [-0.1, -0.05) is 31.4 Å². The molecule has 2 heterocycles. The summed E-state index contributed by atoms with van der Waals surface area (Å²) in [6.07, 6.45) is 5.72. The Morgan fingerprint density at radius 2 is 1.59 bits per heavy atom. The van der Waals surface area contributed by atoms with Gasteiger partial charge >= 0.3 is 5.97 Å². The van der Waals surface area contributed by atoms with Crippen molar-refractivity contribution in [3.8, 4) is 27.7 Å². The third-order valence-electron chi connectivity index (χ3n) is 8.38. The molecule has 0 spiro atoms. The number of fused-ring (bicyclic) bond motifs is 1. The van der Waals surface area contributed by atoms with Crippen molar-refractivity contribution >= 4 is 33.2 Å². The Balaban J connectivity index is 1.21. The van der Waals surface area contributed by atoms with Crippen LogP contribution in [0.5, 0.6) is 17.2 Å². The molecule has 1 N–H and O–H groups in total. The predicted octanol–water partition coefficient (Wildman–Crippen LogP) is 8.85. The highest BCUT2D eigenvalue weighted by molar-refractivity contribution is 7.22. The zero-order valence-corrected chi connectivity index (χ0v) is 27.2. The van der Waals surface area contributed by atoms with Crippen molar-refractivity contribution in [2.75, 3.05) is 26.2 Å². The van der Waals surface area contributed by atoms with E-state index < -0.39 is 5.97 Å². The number of nitrogens with zero attached hydrogens (tertiary/aromatic N) is 1. The van der Waals surface area contributed by atoms with E-state index in [9.17, 15) is 14.7 Å². The fourth-order valence-corrected chi connectivity index (χ4v) is 7.33. The number of benzene rings is 4. The Morgan fingerprint density at radius 3 is 2.33 bits per heavy atom. The minimum atomic E-state index is -0.402. The number of phenolic OH excluding ortho intramolecular Hbond substituents is 1. The van der Waals surface area contributed by atoms with E-state index in [0.29, 0.717) is 29.0 Å². The number of ketones is 1. The smallest absolute Gasteiger partial charge is 0.343 e. The molecule has 4 aromatic carbocycles. The minimum absolute atomic E-state index is 0.107. The van der Waals surface area contributed by atoms with Gasteiger partial charge in [0.05, 0.1) is 5.56 Å². The van der Waals surface area contributed by atoms with E-state index in [0.717, 1.165) is 69.9 Å². The highest BCUT2D eigenvalue weighted by Crippen LogP contribution is 2.41. The second-order valence-corrected chi connectivity index (χ2v) is 13.0. The van der Waals surface area contributed by atoms with Crippen molar-refractivity contribution in [1.82, 2.24) is 4.90 Å². The largest absolute Gasteiger partial charge is 0.508 e. The number of aromatic hydroxyl groups is 1. The van der Waals surface area contributed by atoms with Crippen molar-refractivity contribution in [2.24, 2.45) is 0 Å². The van der Waals surface area contributed by atoms with E-state index in [1.165, 1.54) is 30.6 Å². The number of piperidine rings is 1. The second-order valence-electron chi connectivity index (χ2n) is 12.0. The molecule has 46 heavy (non-hydrogen) atoms. The highest BCUT2D eigenvalue weighted by atomic mass is 32.1. The lowest BCUT2D eigenvalue weighted by Gasteiger charge is -2.26. The van der Waals surface area contributed by atoms with Gasteiger partial charge in [-0.2, -0.15) is 0 Å². The van der Waals surface area contributed by atoms with Crippen molar-refractivity contribution < 1.29 is 24.2 Å². The maximum atomic E-state index is 14.0. The van der Waals surface area contributed by atoms with Gasteiger partial charge in [-0.25, -0.2) is 4.79 Å². The van der Waals surface area contributed by atoms with Crippen molar-refractivity contribution in [3.05, 3.63) is 113 Å². The standard InChI is InChI=1S/C39H39NO5S/c1-3-7-27-22-26(2)23-30(24-27)39(43)45-33-15-10-29(11-16-33)38-36(34-17-12-31(41)25-35(34)46-38)37(42)28-8-13-32(14-9-28)44-21-20-40-18-5-4-6-19-40/h8-17,22-25,41H,3-7,18-21H2,1-2H3. The zero-order valence-electron chi connectivity index (χ0n) is 26.4. The molecule has 1 saturated heterocycles. The summed E-state index contributed by atoms with van der Waals surface area (Å²) < 4.78 is 12.5. The summed E-state index contributed by atoms with van der Waals surface area (Å²) in [5.41, 5.74) is 4.63. The van der Waals surface area contributed by atoms with Crippen LogP contribution in [-0.2, 0) is 6.42 Å². The predicted molar refractivity (Wildman–Crippen MR) is 185 cm³/mol. The molecule has 0 saturated carbocycles. The average molecular weight is 634 g/mol. The zero-order chi connectivity index (χ0) is 32.0. The average Bonchev–Trinajstić information content (AvgIpc) is 3.44. The Hall–Kier alpha value is -4.46. The number of ether oxygens (including phenoxy) is 2. The summed E-state index contributed by atoms with van der Waals surface area (Å²) in [6, 6.07) is 25.5. The fourth-order valence-electron chi connectivity index (χ4n) is 6.09. The van der Waals surface area contributed by atoms with Crippen LogP contribution in [-0.4, -0.2) is 48.0 Å². The van der Waals surface area contributed by atoms with Crippen LogP contribution in [0.25, 0.3) is 20.5 Å². The summed E-state index contributed by atoms with van der Waals surface area (Å²) in [5, 5.41) is 11.0. The molecule has 6 rings (SSSR count). The van der Waals surface area contributed by atoms with E-state index in [4.69, 9.17) is 9.47 Å². The third kappa shape index (κ3) is 7.33. The van der Waals surface area contributed by atoms with Gasteiger partial charge in [-0.05, 0) is 129 Å². The van der Waals surface area contributed by atoms with Crippen LogP contribution >= 0.6 is 11.3 Å². The normalized spacial score (nSPS) is 13.5. The number of hydrogen-bond acceptors (Lipinski definition) is 7. The number of carbonyl (C=O) groups is 2. The van der Waals surface area contributed by atoms with Crippen LogP contribution in [0, 0.1) is 6.92 Å². The lowest BCUT2D eigenvalue weighted by Crippen LogP contribution is -2.33. The highest BCUT2D eigenvalue weighted by Gasteiger charge is 2.22. The van der Waals surface area contributed by atoms with Gasteiger partial charge < -0.3 is 14.6 Å². The molecule has 5 aromatic rings. The van der Waals surface area contributed by atoms with Gasteiger partial charge in [0.2, 0.25) is 0 Å². The van der Waals surface area contributed by atoms with Crippen LogP contribution in [0.3, 0.4) is 0 Å². The molecule has 1 aliphatic heterocycles. The lowest BCUT2D eigenvalue weighted by atomic mass is 9.97. The molecule has 0 unspecified atom stereocenters. The number of rotatable bonds is 11. The van der Waals surface area contributed by atoms with Gasteiger partial charge in [0.15, 0.2) is 5.78 Å². The van der Waals surface area contributed by atoms with Crippen LogP contribution in [0.15, 0.2) is 84.9 Å². The molecular weight excluding hydrogens is 594 g/mol. The summed E-state index contributed by atoms with van der Waals surface area (Å²) in [7, 11) is 0. The molecule has 236 valence electrons. The Kier molecular flexibility index (Phi) is 9.81. The minimum Gasteiger partial charge on any atom is -0.508 e. The Labute approximate surface area is 274 Å². The van der Waals surface area contributed by atoms with Gasteiger partial charge in [0.25, 0.3) is 0 Å². The summed E-state index contributed by atoms with van der Waals surface area (Å²) in [5.74, 6) is 0.803. The molecule has 7 heteroatoms. The quantitative estimate of drug-likeness (QED) is 0.0890. The molecule has 0 bridgehead atoms. The first kappa shape index (κ1) is 31.5. The molecule has 0 aliphatic carbocycles. The summed E-state index contributed by atoms with van der Waals surface area (Å²) in [6.45, 7) is 7.88. The van der Waals surface area contributed by atoms with Gasteiger partial charge in [0.1, 0.15) is 23.9 Å². The molecular formula is C39H39NO5S. The van der Waals surface area contributed by atoms with E-state index in [1.807, 2.05) is 55.5 Å². The summed E-state index contributed by atoms with van der Waals surface area (Å²) in [4.78, 5) is 30.2. The third-order valence-corrected chi connectivity index (χ3v) is 9.58. The number of phenols is 1. The van der Waals surface area contributed by atoms with Crippen molar-refractivity contribution in [1.29, 1.82) is 0 Å². The number of carbonyl (C=O) groups excluding carboxylic acids is 2. The number of aryl methyl sites for hydroxylation is 2. The van der Waals surface area contributed by atoms with Crippen LogP contribution in [0.1, 0.15) is 70.0 Å². The van der Waals surface area contributed by atoms with Crippen LogP contribution in [0.4, 0.5) is 0 Å². The Bertz CT molecular complexity index is 1840. The first-order valence-electron chi connectivity index (χ1n) is 16.1. The maximum Gasteiger partial charge on any atom is 0.343 e.